The summed E-state index contributed by atoms with van der Waals surface area (Å²) in [6.45, 7) is 8.90. The lowest BCUT2D eigenvalue weighted by atomic mass is 9.72. The smallest absolute Gasteiger partial charge is 0.186 e. The molecule has 1 heterocycles. The molecule has 2 unspecified atom stereocenters. The number of thiophene rings is 1. The second-order valence-electron chi connectivity index (χ2n) is 8.83. The number of carbonyl (C=O) groups is 1. The maximum atomic E-state index is 13.0. The van der Waals surface area contributed by atoms with Crippen molar-refractivity contribution in [1.82, 2.24) is 0 Å². The summed E-state index contributed by atoms with van der Waals surface area (Å²) in [5.74, 6) is 0.790. The summed E-state index contributed by atoms with van der Waals surface area (Å²) in [4.78, 5) is 14.3. The Kier molecular flexibility index (Phi) is 5.01. The SMILES string of the molecule is CC1=CCCC1C(C)(C)CC(=O)c1ccc(-[s+]2cc(C)c3ccccc32)cc1. The molecule has 2 heteroatoms. The molecule has 3 aromatic rings. The van der Waals surface area contributed by atoms with E-state index in [0.717, 1.165) is 12.0 Å². The zero-order chi connectivity index (χ0) is 19.9. The van der Waals surface area contributed by atoms with E-state index in [2.05, 4.69) is 75.5 Å². The first kappa shape index (κ1) is 19.1. The Morgan fingerprint density at radius 3 is 2.46 bits per heavy atom. The molecular weight excluding hydrogens is 360 g/mol. The first-order chi connectivity index (χ1) is 13.4. The highest BCUT2D eigenvalue weighted by Crippen LogP contribution is 2.44. The van der Waals surface area contributed by atoms with Crippen molar-refractivity contribution in [3.8, 4) is 4.90 Å². The van der Waals surface area contributed by atoms with Gasteiger partial charge in [-0.25, -0.2) is 0 Å². The minimum absolute atomic E-state index is 0.0127. The van der Waals surface area contributed by atoms with E-state index in [1.807, 2.05) is 12.1 Å². The highest BCUT2D eigenvalue weighted by Gasteiger charge is 2.34. The number of Topliss-reactive ketones (excluding diaryl/α,β-unsaturated/α-hetero) is 1. The molecule has 0 aliphatic heterocycles. The normalized spacial score (nSPS) is 17.8. The summed E-state index contributed by atoms with van der Waals surface area (Å²) in [5, 5.41) is 3.72. The second-order valence-corrected chi connectivity index (χ2v) is 10.6. The first-order valence-electron chi connectivity index (χ1n) is 10.2. The predicted octanol–water partition coefficient (Wildman–Crippen LogP) is 7.84. The van der Waals surface area contributed by atoms with Gasteiger partial charge in [-0.1, -0.05) is 37.6 Å². The molecule has 144 valence electrons. The van der Waals surface area contributed by atoms with Crippen LogP contribution in [0.2, 0.25) is 0 Å². The number of benzene rings is 2. The van der Waals surface area contributed by atoms with Gasteiger partial charge in [-0.3, -0.25) is 4.79 Å². The van der Waals surface area contributed by atoms with Crippen LogP contribution in [0.3, 0.4) is 0 Å². The summed E-state index contributed by atoms with van der Waals surface area (Å²) < 4.78 is 1.39. The van der Waals surface area contributed by atoms with E-state index in [4.69, 9.17) is 0 Å². The van der Waals surface area contributed by atoms with Crippen LogP contribution in [0.25, 0.3) is 15.0 Å². The number of aryl methyl sites for hydroxylation is 1. The van der Waals surface area contributed by atoms with Crippen molar-refractivity contribution in [2.45, 2.75) is 47.0 Å². The van der Waals surface area contributed by atoms with Crippen molar-refractivity contribution in [2.75, 3.05) is 0 Å². The molecule has 0 fully saturated rings. The Morgan fingerprint density at radius 1 is 1.07 bits per heavy atom. The molecule has 1 aromatic heterocycles. The molecule has 1 aliphatic carbocycles. The van der Waals surface area contributed by atoms with E-state index in [1.54, 1.807) is 0 Å². The van der Waals surface area contributed by atoms with Gasteiger partial charge in [-0.2, -0.15) is 0 Å². The Bertz CT molecular complexity index is 1050. The number of fused-ring (bicyclic) bond motifs is 1. The Morgan fingerprint density at radius 2 is 1.79 bits per heavy atom. The lowest BCUT2D eigenvalue weighted by Crippen LogP contribution is -2.26. The van der Waals surface area contributed by atoms with Gasteiger partial charge in [-0.15, -0.1) is 0 Å². The molecule has 1 nitrogen and oxygen atoms in total. The number of rotatable bonds is 5. The van der Waals surface area contributed by atoms with Gasteiger partial charge in [0.15, 0.2) is 15.4 Å². The average Bonchev–Trinajstić information content (AvgIpc) is 3.26. The summed E-state index contributed by atoms with van der Waals surface area (Å²) in [5.41, 5.74) is 3.66. The van der Waals surface area contributed by atoms with Crippen LogP contribution < -0.4 is 0 Å². The van der Waals surface area contributed by atoms with Crippen LogP contribution in [-0.2, 0) is 0 Å². The zero-order valence-corrected chi connectivity index (χ0v) is 18.1. The van der Waals surface area contributed by atoms with Crippen LogP contribution in [0.1, 0.15) is 56.0 Å². The third-order valence-corrected chi connectivity index (χ3v) is 8.50. The summed E-state index contributed by atoms with van der Waals surface area (Å²) in [6.07, 6.45) is 5.27. The highest BCUT2D eigenvalue weighted by molar-refractivity contribution is 7.43. The first-order valence-corrected chi connectivity index (χ1v) is 11.5. The molecule has 0 N–H and O–H groups in total. The topological polar surface area (TPSA) is 17.1 Å². The average molecular weight is 390 g/mol. The standard InChI is InChI=1S/C26H29OS/c1-18-8-7-10-23(18)26(3,4)16-24(27)20-12-14-21(15-13-20)28-17-19(2)22-9-5-6-11-25(22)28/h5-6,8-9,11-15,17,23H,7,10,16H2,1-4H3/q+1. The van der Waals surface area contributed by atoms with Crippen molar-refractivity contribution >= 4 is 26.3 Å². The molecule has 4 rings (SSSR count). The quantitative estimate of drug-likeness (QED) is 0.247. The molecule has 0 bridgehead atoms. The number of allylic oxidation sites excluding steroid dienone is 2. The Labute approximate surface area is 171 Å². The minimum Gasteiger partial charge on any atom is -0.294 e. The lowest BCUT2D eigenvalue weighted by molar-refractivity contribution is 0.0896. The van der Waals surface area contributed by atoms with Crippen LogP contribution in [0.15, 0.2) is 65.6 Å². The van der Waals surface area contributed by atoms with Crippen LogP contribution in [0.5, 0.6) is 0 Å². The molecule has 0 spiro atoms. The Hall–Kier alpha value is -2.19. The maximum Gasteiger partial charge on any atom is 0.186 e. The van der Waals surface area contributed by atoms with Crippen molar-refractivity contribution in [1.29, 1.82) is 0 Å². The maximum absolute atomic E-state index is 13.0. The number of carbonyl (C=O) groups excluding carboxylic acids is 1. The van der Waals surface area contributed by atoms with E-state index in [9.17, 15) is 4.79 Å². The molecule has 1 aliphatic rings. The van der Waals surface area contributed by atoms with E-state index < -0.39 is 0 Å². The number of hydrogen-bond acceptors (Lipinski definition) is 1. The minimum atomic E-state index is -0.0237. The Balaban J connectivity index is 1.56. The molecule has 2 atom stereocenters. The van der Waals surface area contributed by atoms with Crippen molar-refractivity contribution in [3.63, 3.8) is 0 Å². The summed E-state index contributed by atoms with van der Waals surface area (Å²) >= 11 is 0. The monoisotopic (exact) mass is 389 g/mol. The van der Waals surface area contributed by atoms with Crippen LogP contribution in [0, 0.1) is 18.3 Å². The van der Waals surface area contributed by atoms with E-state index in [-0.39, 0.29) is 21.7 Å². The number of ketones is 1. The van der Waals surface area contributed by atoms with Gasteiger partial charge in [0, 0.05) is 33.4 Å². The van der Waals surface area contributed by atoms with Crippen molar-refractivity contribution in [3.05, 3.63) is 76.7 Å². The molecular formula is C26H29OS+. The lowest BCUT2D eigenvalue weighted by Gasteiger charge is -2.32. The van der Waals surface area contributed by atoms with E-state index in [1.165, 1.54) is 32.5 Å². The van der Waals surface area contributed by atoms with Gasteiger partial charge >= 0.3 is 0 Å². The summed E-state index contributed by atoms with van der Waals surface area (Å²) in [7, 11) is -0.0237. The van der Waals surface area contributed by atoms with Gasteiger partial charge in [0.2, 0.25) is 0 Å². The number of hydrogen-bond donors (Lipinski definition) is 0. The fraction of sp³-hybridized carbons (Fsp3) is 0.346. The van der Waals surface area contributed by atoms with Gasteiger partial charge < -0.3 is 0 Å². The molecule has 28 heavy (non-hydrogen) atoms. The van der Waals surface area contributed by atoms with Gasteiger partial charge in [0.05, 0.1) is 0 Å². The fourth-order valence-corrected chi connectivity index (χ4v) is 6.88. The van der Waals surface area contributed by atoms with Gasteiger partial charge in [-0.05, 0) is 74.4 Å². The van der Waals surface area contributed by atoms with Crippen LogP contribution in [-0.4, -0.2) is 5.78 Å². The predicted molar refractivity (Wildman–Crippen MR) is 122 cm³/mol. The largest absolute Gasteiger partial charge is 0.294 e. The van der Waals surface area contributed by atoms with E-state index >= 15 is 0 Å². The van der Waals surface area contributed by atoms with Crippen LogP contribution in [0.4, 0.5) is 0 Å². The van der Waals surface area contributed by atoms with E-state index in [0.29, 0.717) is 12.3 Å². The zero-order valence-electron chi connectivity index (χ0n) is 17.3. The molecule has 0 saturated heterocycles. The van der Waals surface area contributed by atoms with Crippen molar-refractivity contribution in [2.24, 2.45) is 11.3 Å². The second kappa shape index (κ2) is 7.33. The third kappa shape index (κ3) is 3.46. The van der Waals surface area contributed by atoms with Gasteiger partial charge in [0.1, 0.15) is 5.38 Å². The van der Waals surface area contributed by atoms with Crippen molar-refractivity contribution < 1.29 is 4.79 Å². The summed E-state index contributed by atoms with van der Waals surface area (Å²) in [6, 6.07) is 17.0. The fourth-order valence-electron chi connectivity index (χ4n) is 4.76. The molecule has 0 saturated carbocycles. The third-order valence-electron chi connectivity index (χ3n) is 6.30. The van der Waals surface area contributed by atoms with Gasteiger partial charge in [0.25, 0.3) is 0 Å². The molecule has 0 amide bonds. The molecule has 2 aromatic carbocycles. The highest BCUT2D eigenvalue weighted by atomic mass is 32.2. The molecule has 0 radical (unpaired) electrons. The van der Waals surface area contributed by atoms with Crippen LogP contribution >= 0.6 is 10.5 Å².